The lowest BCUT2D eigenvalue weighted by Gasteiger charge is -2.34. The van der Waals surface area contributed by atoms with E-state index in [2.05, 4.69) is 26.5 Å². The topological polar surface area (TPSA) is 122 Å². The van der Waals surface area contributed by atoms with Crippen molar-refractivity contribution in [1.82, 2.24) is 29.4 Å². The van der Waals surface area contributed by atoms with E-state index in [1.807, 2.05) is 11.0 Å². The number of ether oxygens (including phenoxy) is 1. The van der Waals surface area contributed by atoms with Crippen molar-refractivity contribution in [3.8, 4) is 11.4 Å². The van der Waals surface area contributed by atoms with Gasteiger partial charge in [0.2, 0.25) is 5.91 Å². The maximum Gasteiger partial charge on any atom is 0.417 e. The number of rotatable bonds is 8. The molecular formula is C27H31F3N8O3. The molecule has 218 valence electrons. The molecule has 2 N–H and O–H groups in total. The third-order valence-electron chi connectivity index (χ3n) is 7.23. The van der Waals surface area contributed by atoms with Gasteiger partial charge in [0.05, 0.1) is 24.3 Å². The molecule has 0 saturated carbocycles. The van der Waals surface area contributed by atoms with Crippen molar-refractivity contribution in [3.63, 3.8) is 0 Å². The van der Waals surface area contributed by atoms with Crippen LogP contribution >= 0.6 is 0 Å². The number of ketones is 1. The summed E-state index contributed by atoms with van der Waals surface area (Å²) < 4.78 is 48.7. The lowest BCUT2D eigenvalue weighted by Crippen LogP contribution is -2.48. The van der Waals surface area contributed by atoms with Crippen molar-refractivity contribution in [2.75, 3.05) is 63.1 Å². The molecule has 0 aliphatic carbocycles. The van der Waals surface area contributed by atoms with Gasteiger partial charge in [-0.1, -0.05) is 6.58 Å². The molecule has 3 aromatic rings. The zero-order chi connectivity index (χ0) is 29.1. The fraction of sp³-hybridized carbons (Fsp3) is 0.444. The molecule has 3 aromatic heterocycles. The summed E-state index contributed by atoms with van der Waals surface area (Å²) in [5.74, 6) is -0.0431. The molecular weight excluding hydrogens is 541 g/mol. The molecule has 2 fully saturated rings. The second-order valence-electron chi connectivity index (χ2n) is 10.0. The Labute approximate surface area is 234 Å². The lowest BCUT2D eigenvalue weighted by atomic mass is 10.1. The van der Waals surface area contributed by atoms with Crippen molar-refractivity contribution >= 4 is 28.8 Å². The molecule has 0 aromatic carbocycles. The van der Waals surface area contributed by atoms with Crippen LogP contribution in [0.25, 0.3) is 16.9 Å². The Balaban J connectivity index is 1.39. The maximum atomic E-state index is 13.9. The number of nitrogens with two attached hydrogens (primary N) is 1. The molecule has 1 amide bonds. The monoisotopic (exact) mass is 572 g/mol. The first-order chi connectivity index (χ1) is 19.6. The Kier molecular flexibility index (Phi) is 8.22. The summed E-state index contributed by atoms with van der Waals surface area (Å²) >= 11 is 0. The van der Waals surface area contributed by atoms with Gasteiger partial charge in [0, 0.05) is 71.0 Å². The SMILES string of the molecule is C=CC(=O)CCC(=O)N1CCN(Cc2cc3c(N4CCOCC4)nc(-c4cnc(N)cc4C(F)(F)F)nn3c2)CC1. The van der Waals surface area contributed by atoms with Crippen LogP contribution in [0.15, 0.2) is 37.2 Å². The average molecular weight is 573 g/mol. The molecule has 0 spiro atoms. The summed E-state index contributed by atoms with van der Waals surface area (Å²) in [5.41, 5.74) is 5.94. The predicted molar refractivity (Wildman–Crippen MR) is 145 cm³/mol. The summed E-state index contributed by atoms with van der Waals surface area (Å²) in [7, 11) is 0. The van der Waals surface area contributed by atoms with Gasteiger partial charge in [0.15, 0.2) is 17.4 Å². The molecule has 2 aliphatic heterocycles. The van der Waals surface area contributed by atoms with E-state index in [-0.39, 0.29) is 41.7 Å². The zero-order valence-electron chi connectivity index (χ0n) is 22.4. The largest absolute Gasteiger partial charge is 0.417 e. The van der Waals surface area contributed by atoms with E-state index in [1.165, 1.54) is 6.08 Å². The lowest BCUT2D eigenvalue weighted by molar-refractivity contribution is -0.137. The summed E-state index contributed by atoms with van der Waals surface area (Å²) in [4.78, 5) is 38.3. The summed E-state index contributed by atoms with van der Waals surface area (Å²) in [5, 5.41) is 4.46. The molecule has 2 aliphatic rings. The van der Waals surface area contributed by atoms with Crippen LogP contribution in [-0.4, -0.2) is 93.6 Å². The van der Waals surface area contributed by atoms with Gasteiger partial charge >= 0.3 is 6.18 Å². The highest BCUT2D eigenvalue weighted by atomic mass is 19.4. The molecule has 5 heterocycles. The number of nitrogens with zero attached hydrogens (tertiary/aromatic N) is 7. The first-order valence-corrected chi connectivity index (χ1v) is 13.3. The van der Waals surface area contributed by atoms with Crippen LogP contribution in [0.5, 0.6) is 0 Å². The number of allylic oxidation sites excluding steroid dienone is 1. The van der Waals surface area contributed by atoms with Crippen LogP contribution in [0, 0.1) is 0 Å². The van der Waals surface area contributed by atoms with Crippen molar-refractivity contribution in [3.05, 3.63) is 48.3 Å². The van der Waals surface area contributed by atoms with E-state index in [0.29, 0.717) is 70.4 Å². The minimum absolute atomic E-state index is 0.0530. The van der Waals surface area contributed by atoms with Crippen molar-refractivity contribution in [2.24, 2.45) is 0 Å². The van der Waals surface area contributed by atoms with Crippen molar-refractivity contribution < 1.29 is 27.5 Å². The molecule has 5 rings (SSSR count). The Bertz CT molecular complexity index is 1440. The van der Waals surface area contributed by atoms with Crippen LogP contribution < -0.4 is 10.6 Å². The third-order valence-corrected chi connectivity index (χ3v) is 7.23. The van der Waals surface area contributed by atoms with Gasteiger partial charge < -0.3 is 20.3 Å². The number of carbonyl (C=O) groups excluding carboxylic acids is 2. The summed E-state index contributed by atoms with van der Waals surface area (Å²) in [6, 6.07) is 2.74. The van der Waals surface area contributed by atoms with Gasteiger partial charge in [-0.3, -0.25) is 14.5 Å². The number of hydrogen-bond donors (Lipinski definition) is 1. The fourth-order valence-electron chi connectivity index (χ4n) is 5.03. The Hall–Kier alpha value is -4.04. The number of amides is 1. The summed E-state index contributed by atoms with van der Waals surface area (Å²) in [6.07, 6.45) is -0.267. The Morgan fingerprint density at radius 2 is 1.80 bits per heavy atom. The normalized spacial score (nSPS) is 16.8. The number of aromatic nitrogens is 4. The smallest absolute Gasteiger partial charge is 0.384 e. The van der Waals surface area contributed by atoms with Gasteiger partial charge in [-0.15, -0.1) is 5.10 Å². The Morgan fingerprint density at radius 3 is 2.49 bits per heavy atom. The number of alkyl halides is 3. The zero-order valence-corrected chi connectivity index (χ0v) is 22.4. The second-order valence-corrected chi connectivity index (χ2v) is 10.0. The first-order valence-electron chi connectivity index (χ1n) is 13.3. The molecule has 0 unspecified atom stereocenters. The van der Waals surface area contributed by atoms with Crippen molar-refractivity contribution in [1.29, 1.82) is 0 Å². The van der Waals surface area contributed by atoms with Gasteiger partial charge in [-0.2, -0.15) is 13.2 Å². The maximum absolute atomic E-state index is 13.9. The van der Waals surface area contributed by atoms with E-state index in [9.17, 15) is 22.8 Å². The highest BCUT2D eigenvalue weighted by Crippen LogP contribution is 2.37. The number of anilines is 2. The third kappa shape index (κ3) is 6.49. The number of piperazine rings is 1. The molecule has 11 nitrogen and oxygen atoms in total. The number of hydrogen-bond acceptors (Lipinski definition) is 9. The van der Waals surface area contributed by atoms with Crippen LogP contribution in [0.3, 0.4) is 0 Å². The van der Waals surface area contributed by atoms with Gasteiger partial charge in [-0.25, -0.2) is 14.5 Å². The van der Waals surface area contributed by atoms with E-state index < -0.39 is 11.7 Å². The van der Waals surface area contributed by atoms with Crippen LogP contribution in [0.2, 0.25) is 0 Å². The number of fused-ring (bicyclic) bond motifs is 1. The standard InChI is InChI=1S/C27H31F3N8O3/c1-2-19(39)3-4-24(40)36-7-5-35(6-8-36)16-18-13-22-26(37-9-11-41-12-10-37)33-25(34-38(22)17-18)20-15-32-23(31)14-21(20)27(28,29)30/h2,13-15,17H,1,3-12,16H2,(H2,31,32). The minimum Gasteiger partial charge on any atom is -0.384 e. The number of nitrogen functional groups attached to an aromatic ring is 1. The minimum atomic E-state index is -4.67. The first kappa shape index (κ1) is 28.5. The van der Waals surface area contributed by atoms with Crippen LogP contribution in [0.4, 0.5) is 24.8 Å². The number of pyridine rings is 1. The highest BCUT2D eigenvalue weighted by molar-refractivity contribution is 5.92. The quantitative estimate of drug-likeness (QED) is 0.406. The fourth-order valence-corrected chi connectivity index (χ4v) is 5.03. The average Bonchev–Trinajstić information content (AvgIpc) is 3.37. The van der Waals surface area contributed by atoms with Crippen LogP contribution in [0.1, 0.15) is 24.0 Å². The van der Waals surface area contributed by atoms with E-state index in [0.717, 1.165) is 17.8 Å². The molecule has 0 bridgehead atoms. The Morgan fingerprint density at radius 1 is 1.07 bits per heavy atom. The van der Waals surface area contributed by atoms with Gasteiger partial charge in [0.1, 0.15) is 11.3 Å². The number of carbonyl (C=O) groups is 2. The van der Waals surface area contributed by atoms with Crippen LogP contribution in [-0.2, 0) is 27.0 Å². The number of morpholine rings is 1. The van der Waals surface area contributed by atoms with Gasteiger partial charge in [-0.05, 0) is 23.8 Å². The second kappa shape index (κ2) is 11.8. The van der Waals surface area contributed by atoms with Gasteiger partial charge in [0.25, 0.3) is 0 Å². The van der Waals surface area contributed by atoms with Crippen molar-refractivity contribution in [2.45, 2.75) is 25.6 Å². The van der Waals surface area contributed by atoms with E-state index in [4.69, 9.17) is 10.5 Å². The summed E-state index contributed by atoms with van der Waals surface area (Å²) in [6.45, 7) is 8.39. The predicted octanol–water partition coefficient (Wildman–Crippen LogP) is 2.41. The molecule has 0 atom stereocenters. The highest BCUT2D eigenvalue weighted by Gasteiger charge is 2.35. The van der Waals surface area contributed by atoms with E-state index >= 15 is 0 Å². The molecule has 0 radical (unpaired) electrons. The molecule has 14 heteroatoms. The number of halogens is 3. The van der Waals surface area contributed by atoms with E-state index in [1.54, 1.807) is 15.6 Å². The molecule has 41 heavy (non-hydrogen) atoms. The molecule has 2 saturated heterocycles.